The average molecular weight is 275 g/mol. The van der Waals surface area contributed by atoms with Crippen molar-refractivity contribution in [1.82, 2.24) is 15.3 Å². The Morgan fingerprint density at radius 1 is 1.42 bits per heavy atom. The highest BCUT2D eigenvalue weighted by molar-refractivity contribution is 7.09. The van der Waals surface area contributed by atoms with Gasteiger partial charge in [0.25, 0.3) is 5.91 Å². The molecule has 1 atom stereocenters. The predicted octanol–water partition coefficient (Wildman–Crippen LogP) is 2.12. The second kappa shape index (κ2) is 4.97. The number of carbonyl (C=O) groups excluding carboxylic acids is 1. The summed E-state index contributed by atoms with van der Waals surface area (Å²) < 4.78 is 0. The van der Waals surface area contributed by atoms with E-state index in [1.165, 1.54) is 23.6 Å². The fraction of sp³-hybridized carbons (Fsp3) is 0.308. The summed E-state index contributed by atoms with van der Waals surface area (Å²) in [5.74, 6) is -0.0140. The van der Waals surface area contributed by atoms with Gasteiger partial charge in [0.15, 0.2) is 5.69 Å². The van der Waals surface area contributed by atoms with E-state index in [1.54, 1.807) is 12.3 Å². The number of amides is 1. The minimum Gasteiger partial charge on any atom is -0.505 e. The molecular formula is C13H13N3O2S. The number of hydrogen-bond donors (Lipinski definition) is 2. The second-order valence-electron chi connectivity index (χ2n) is 4.53. The van der Waals surface area contributed by atoms with Crippen LogP contribution in [0.4, 0.5) is 0 Å². The molecule has 1 fully saturated rings. The summed E-state index contributed by atoms with van der Waals surface area (Å²) in [6, 6.07) is 2.97. The van der Waals surface area contributed by atoms with Gasteiger partial charge in [-0.25, -0.2) is 9.97 Å². The molecule has 6 heteroatoms. The zero-order valence-electron chi connectivity index (χ0n) is 10.1. The quantitative estimate of drug-likeness (QED) is 0.896. The number of nitrogens with zero attached hydrogens (tertiary/aromatic N) is 2. The third kappa shape index (κ3) is 2.58. The predicted molar refractivity (Wildman–Crippen MR) is 70.9 cm³/mol. The number of nitrogens with one attached hydrogen (secondary N) is 1. The van der Waals surface area contributed by atoms with Crippen LogP contribution in [-0.2, 0) is 0 Å². The highest BCUT2D eigenvalue weighted by Crippen LogP contribution is 2.41. The lowest BCUT2D eigenvalue weighted by atomic mass is 10.2. The van der Waals surface area contributed by atoms with E-state index in [9.17, 15) is 9.90 Å². The van der Waals surface area contributed by atoms with Crippen LogP contribution in [0.15, 0.2) is 29.9 Å². The number of hydrogen-bond acceptors (Lipinski definition) is 5. The summed E-state index contributed by atoms with van der Waals surface area (Å²) in [5.41, 5.74) is 0.0599. The van der Waals surface area contributed by atoms with Gasteiger partial charge in [-0.1, -0.05) is 0 Å². The summed E-state index contributed by atoms with van der Waals surface area (Å²) in [6.07, 6.45) is 5.42. The van der Waals surface area contributed by atoms with Crippen LogP contribution in [0.25, 0.3) is 0 Å². The SMILES string of the molecule is O=C(N[C@@H](c1nccs1)C1CC1)c1ncccc1O. The molecule has 2 heterocycles. The van der Waals surface area contributed by atoms with E-state index in [0.717, 1.165) is 17.8 Å². The van der Waals surface area contributed by atoms with E-state index < -0.39 is 0 Å². The van der Waals surface area contributed by atoms with Crippen molar-refractivity contribution in [2.24, 2.45) is 5.92 Å². The zero-order valence-corrected chi connectivity index (χ0v) is 10.9. The van der Waals surface area contributed by atoms with Gasteiger partial charge in [0, 0.05) is 17.8 Å². The molecular weight excluding hydrogens is 262 g/mol. The fourth-order valence-electron chi connectivity index (χ4n) is 1.98. The van der Waals surface area contributed by atoms with Gasteiger partial charge in [0.1, 0.15) is 10.8 Å². The normalized spacial score (nSPS) is 16.0. The molecule has 0 aromatic carbocycles. The van der Waals surface area contributed by atoms with Crippen molar-refractivity contribution in [2.45, 2.75) is 18.9 Å². The van der Waals surface area contributed by atoms with Crippen LogP contribution >= 0.6 is 11.3 Å². The van der Waals surface area contributed by atoms with Crippen molar-refractivity contribution in [1.29, 1.82) is 0 Å². The summed E-state index contributed by atoms with van der Waals surface area (Å²) in [7, 11) is 0. The average Bonchev–Trinajstić information content (AvgIpc) is 3.11. The molecule has 1 amide bonds. The van der Waals surface area contributed by atoms with Gasteiger partial charge >= 0.3 is 0 Å². The Morgan fingerprint density at radius 3 is 2.89 bits per heavy atom. The molecule has 2 N–H and O–H groups in total. The van der Waals surface area contributed by atoms with Crippen molar-refractivity contribution in [3.8, 4) is 5.75 Å². The van der Waals surface area contributed by atoms with E-state index in [4.69, 9.17) is 0 Å². The monoisotopic (exact) mass is 275 g/mol. The molecule has 3 rings (SSSR count). The van der Waals surface area contributed by atoms with E-state index in [2.05, 4.69) is 15.3 Å². The number of pyridine rings is 1. The molecule has 0 spiro atoms. The van der Waals surface area contributed by atoms with Gasteiger partial charge in [-0.05, 0) is 30.9 Å². The maximum Gasteiger partial charge on any atom is 0.274 e. The van der Waals surface area contributed by atoms with Crippen molar-refractivity contribution in [2.75, 3.05) is 0 Å². The third-order valence-electron chi connectivity index (χ3n) is 3.10. The van der Waals surface area contributed by atoms with Crippen LogP contribution in [0.2, 0.25) is 0 Å². The van der Waals surface area contributed by atoms with E-state index in [1.807, 2.05) is 5.38 Å². The lowest BCUT2D eigenvalue weighted by Crippen LogP contribution is -2.30. The first-order chi connectivity index (χ1) is 9.25. The largest absolute Gasteiger partial charge is 0.505 e. The lowest BCUT2D eigenvalue weighted by Gasteiger charge is -2.15. The van der Waals surface area contributed by atoms with Gasteiger partial charge < -0.3 is 10.4 Å². The lowest BCUT2D eigenvalue weighted by molar-refractivity contribution is 0.0923. The Balaban J connectivity index is 1.79. The van der Waals surface area contributed by atoms with Gasteiger partial charge in [0.2, 0.25) is 0 Å². The van der Waals surface area contributed by atoms with Crippen LogP contribution < -0.4 is 5.32 Å². The number of rotatable bonds is 4. The van der Waals surface area contributed by atoms with Crippen LogP contribution in [-0.4, -0.2) is 21.0 Å². The molecule has 19 heavy (non-hydrogen) atoms. The first-order valence-electron chi connectivity index (χ1n) is 6.10. The molecule has 0 radical (unpaired) electrons. The van der Waals surface area contributed by atoms with Gasteiger partial charge in [-0.2, -0.15) is 0 Å². The molecule has 0 saturated heterocycles. The van der Waals surface area contributed by atoms with E-state index in [0.29, 0.717) is 5.92 Å². The highest BCUT2D eigenvalue weighted by atomic mass is 32.1. The molecule has 1 aliphatic rings. The molecule has 0 unspecified atom stereocenters. The minimum absolute atomic E-state index is 0.0599. The van der Waals surface area contributed by atoms with Gasteiger partial charge in [-0.3, -0.25) is 4.79 Å². The Kier molecular flexibility index (Phi) is 3.16. The Bertz CT molecular complexity index is 581. The summed E-state index contributed by atoms with van der Waals surface area (Å²) >= 11 is 1.53. The van der Waals surface area contributed by atoms with Crippen molar-refractivity contribution in [3.63, 3.8) is 0 Å². The van der Waals surface area contributed by atoms with Gasteiger partial charge in [0.05, 0.1) is 6.04 Å². The summed E-state index contributed by atoms with van der Waals surface area (Å²) in [6.45, 7) is 0. The molecule has 0 bridgehead atoms. The summed E-state index contributed by atoms with van der Waals surface area (Å²) in [4.78, 5) is 20.3. The maximum atomic E-state index is 12.1. The molecule has 0 aliphatic heterocycles. The van der Waals surface area contributed by atoms with Crippen molar-refractivity contribution >= 4 is 17.2 Å². The maximum absolute atomic E-state index is 12.1. The fourth-order valence-corrected chi connectivity index (χ4v) is 2.76. The zero-order chi connectivity index (χ0) is 13.2. The second-order valence-corrected chi connectivity index (χ2v) is 5.46. The molecule has 98 valence electrons. The third-order valence-corrected chi connectivity index (χ3v) is 3.96. The number of aromatic nitrogens is 2. The van der Waals surface area contributed by atoms with Crippen LogP contribution in [0.3, 0.4) is 0 Å². The number of carbonyl (C=O) groups is 1. The molecule has 2 aromatic rings. The van der Waals surface area contributed by atoms with Crippen LogP contribution in [0.1, 0.15) is 34.4 Å². The first-order valence-corrected chi connectivity index (χ1v) is 6.98. The molecule has 1 saturated carbocycles. The topological polar surface area (TPSA) is 75.1 Å². The van der Waals surface area contributed by atoms with E-state index in [-0.39, 0.29) is 23.4 Å². The van der Waals surface area contributed by atoms with Crippen molar-refractivity contribution < 1.29 is 9.90 Å². The molecule has 2 aromatic heterocycles. The van der Waals surface area contributed by atoms with Crippen LogP contribution in [0, 0.1) is 5.92 Å². The highest BCUT2D eigenvalue weighted by Gasteiger charge is 2.35. The van der Waals surface area contributed by atoms with Gasteiger partial charge in [-0.15, -0.1) is 11.3 Å². The summed E-state index contributed by atoms with van der Waals surface area (Å²) in [5, 5.41) is 15.4. The smallest absolute Gasteiger partial charge is 0.274 e. The number of aromatic hydroxyl groups is 1. The molecule has 1 aliphatic carbocycles. The Labute approximate surface area is 114 Å². The molecule has 5 nitrogen and oxygen atoms in total. The Morgan fingerprint density at radius 2 is 2.26 bits per heavy atom. The van der Waals surface area contributed by atoms with Crippen LogP contribution in [0.5, 0.6) is 5.75 Å². The standard InChI is InChI=1S/C13H13N3O2S/c17-9-2-1-5-14-11(9)12(18)16-10(8-3-4-8)13-15-6-7-19-13/h1-2,5-8,10,17H,3-4H2,(H,16,18)/t10-/m1/s1. The minimum atomic E-state index is -0.356. The van der Waals surface area contributed by atoms with E-state index >= 15 is 0 Å². The number of thiazole rings is 1. The van der Waals surface area contributed by atoms with Crippen molar-refractivity contribution in [3.05, 3.63) is 40.6 Å². The first kappa shape index (κ1) is 12.1. The Hall–Kier alpha value is -1.95.